The van der Waals surface area contributed by atoms with Crippen molar-refractivity contribution in [1.82, 2.24) is 0 Å². The summed E-state index contributed by atoms with van der Waals surface area (Å²) in [6, 6.07) is 15.9. The van der Waals surface area contributed by atoms with Gasteiger partial charge in [-0.25, -0.2) is 12.8 Å². The van der Waals surface area contributed by atoms with Gasteiger partial charge in [-0.1, -0.05) is 11.6 Å². The molecule has 30 heavy (non-hydrogen) atoms. The third kappa shape index (κ3) is 5.71. The molecule has 0 aliphatic carbocycles. The molecule has 0 saturated heterocycles. The number of hydrogen-bond acceptors (Lipinski definition) is 4. The summed E-state index contributed by atoms with van der Waals surface area (Å²) >= 11 is 5.81. The molecular weight excluding hydrogens is 431 g/mol. The number of halogens is 2. The van der Waals surface area contributed by atoms with Gasteiger partial charge < -0.3 is 10.1 Å². The van der Waals surface area contributed by atoms with Gasteiger partial charge in [-0.3, -0.25) is 9.52 Å². The van der Waals surface area contributed by atoms with E-state index < -0.39 is 21.7 Å². The zero-order valence-electron chi connectivity index (χ0n) is 15.9. The molecule has 0 unspecified atom stereocenters. The Morgan fingerprint density at radius 3 is 2.27 bits per heavy atom. The first-order valence-corrected chi connectivity index (χ1v) is 10.7. The van der Waals surface area contributed by atoms with E-state index in [0.717, 1.165) is 0 Å². The Morgan fingerprint density at radius 2 is 1.63 bits per heavy atom. The van der Waals surface area contributed by atoms with E-state index >= 15 is 0 Å². The highest BCUT2D eigenvalue weighted by molar-refractivity contribution is 7.92. The molecule has 3 aromatic rings. The number of anilines is 2. The standard InChI is InChI=1S/C21H18ClFN2O4S/c1-14-12-19(30(27,28)25-18-6-2-15(22)3-7-18)10-11-20(14)29-13-21(26)24-17-8-4-16(23)5-9-17/h2-12,25H,13H2,1H3,(H,24,26). The van der Waals surface area contributed by atoms with Crippen molar-refractivity contribution in [3.63, 3.8) is 0 Å². The second kappa shape index (κ2) is 9.15. The van der Waals surface area contributed by atoms with Crippen LogP contribution in [0.5, 0.6) is 5.75 Å². The number of ether oxygens (including phenoxy) is 1. The van der Waals surface area contributed by atoms with Gasteiger partial charge in [0.05, 0.1) is 4.90 Å². The number of hydrogen-bond donors (Lipinski definition) is 2. The third-order valence-corrected chi connectivity index (χ3v) is 5.67. The number of amides is 1. The second-order valence-electron chi connectivity index (χ2n) is 6.38. The SMILES string of the molecule is Cc1cc(S(=O)(=O)Nc2ccc(Cl)cc2)ccc1OCC(=O)Nc1ccc(F)cc1. The largest absolute Gasteiger partial charge is 0.483 e. The number of carbonyl (C=O) groups is 1. The molecule has 0 aromatic heterocycles. The minimum atomic E-state index is -3.80. The van der Waals surface area contributed by atoms with Crippen LogP contribution in [0.3, 0.4) is 0 Å². The van der Waals surface area contributed by atoms with Crippen molar-refractivity contribution in [2.45, 2.75) is 11.8 Å². The van der Waals surface area contributed by atoms with Crippen LogP contribution in [0, 0.1) is 12.7 Å². The van der Waals surface area contributed by atoms with E-state index in [9.17, 15) is 17.6 Å². The van der Waals surface area contributed by atoms with Crippen LogP contribution in [0.15, 0.2) is 71.6 Å². The molecule has 0 aliphatic rings. The third-order valence-electron chi connectivity index (χ3n) is 4.04. The quantitative estimate of drug-likeness (QED) is 0.553. The highest BCUT2D eigenvalue weighted by Crippen LogP contribution is 2.24. The van der Waals surface area contributed by atoms with Crippen molar-refractivity contribution in [2.24, 2.45) is 0 Å². The van der Waals surface area contributed by atoms with Gasteiger partial charge in [-0.2, -0.15) is 0 Å². The van der Waals surface area contributed by atoms with Crippen molar-refractivity contribution in [3.8, 4) is 5.75 Å². The monoisotopic (exact) mass is 448 g/mol. The van der Waals surface area contributed by atoms with Crippen LogP contribution in [0.1, 0.15) is 5.56 Å². The Hall–Kier alpha value is -3.10. The lowest BCUT2D eigenvalue weighted by Crippen LogP contribution is -2.20. The fourth-order valence-corrected chi connectivity index (χ4v) is 3.83. The molecule has 0 saturated carbocycles. The maximum Gasteiger partial charge on any atom is 0.262 e. The van der Waals surface area contributed by atoms with Crippen LogP contribution < -0.4 is 14.8 Å². The van der Waals surface area contributed by atoms with Crippen LogP contribution in [-0.2, 0) is 14.8 Å². The van der Waals surface area contributed by atoms with E-state index in [2.05, 4.69) is 10.0 Å². The van der Waals surface area contributed by atoms with E-state index in [4.69, 9.17) is 16.3 Å². The van der Waals surface area contributed by atoms with E-state index in [1.54, 1.807) is 31.2 Å². The summed E-state index contributed by atoms with van der Waals surface area (Å²) in [6.45, 7) is 1.39. The summed E-state index contributed by atoms with van der Waals surface area (Å²) in [5.74, 6) is -0.461. The minimum Gasteiger partial charge on any atom is -0.483 e. The molecule has 0 atom stereocenters. The van der Waals surface area contributed by atoms with Gasteiger partial charge in [0.15, 0.2) is 6.61 Å². The molecule has 0 fully saturated rings. The van der Waals surface area contributed by atoms with Crippen molar-refractivity contribution in [3.05, 3.63) is 83.1 Å². The normalized spacial score (nSPS) is 11.0. The Kier molecular flexibility index (Phi) is 6.59. The van der Waals surface area contributed by atoms with Crippen LogP contribution in [-0.4, -0.2) is 20.9 Å². The van der Waals surface area contributed by atoms with Crippen LogP contribution in [0.2, 0.25) is 5.02 Å². The Labute approximate surface area is 178 Å². The lowest BCUT2D eigenvalue weighted by molar-refractivity contribution is -0.118. The first kappa shape index (κ1) is 21.6. The molecule has 6 nitrogen and oxygen atoms in total. The summed E-state index contributed by atoms with van der Waals surface area (Å²) in [6.07, 6.45) is 0. The van der Waals surface area contributed by atoms with E-state index in [-0.39, 0.29) is 11.5 Å². The maximum atomic E-state index is 12.9. The average molecular weight is 449 g/mol. The number of carbonyl (C=O) groups excluding carboxylic acids is 1. The molecule has 3 rings (SSSR count). The number of aryl methyl sites for hydroxylation is 1. The van der Waals surface area contributed by atoms with Crippen LogP contribution >= 0.6 is 11.6 Å². The van der Waals surface area contributed by atoms with Gasteiger partial charge in [0.2, 0.25) is 0 Å². The van der Waals surface area contributed by atoms with Crippen molar-refractivity contribution >= 4 is 38.9 Å². The maximum absolute atomic E-state index is 12.9. The zero-order chi connectivity index (χ0) is 21.7. The van der Waals surface area contributed by atoms with Crippen molar-refractivity contribution < 1.29 is 22.3 Å². The molecule has 0 heterocycles. The van der Waals surface area contributed by atoms with Crippen LogP contribution in [0.4, 0.5) is 15.8 Å². The van der Waals surface area contributed by atoms with E-state index in [1.165, 1.54) is 42.5 Å². The van der Waals surface area contributed by atoms with E-state index in [0.29, 0.717) is 27.7 Å². The van der Waals surface area contributed by atoms with Gasteiger partial charge in [0, 0.05) is 16.4 Å². The van der Waals surface area contributed by atoms with Crippen molar-refractivity contribution in [2.75, 3.05) is 16.6 Å². The first-order chi connectivity index (χ1) is 14.2. The zero-order valence-corrected chi connectivity index (χ0v) is 17.4. The van der Waals surface area contributed by atoms with Crippen molar-refractivity contribution in [1.29, 1.82) is 0 Å². The molecule has 0 radical (unpaired) electrons. The number of benzene rings is 3. The molecule has 2 N–H and O–H groups in total. The molecule has 0 bridgehead atoms. The second-order valence-corrected chi connectivity index (χ2v) is 8.50. The Morgan fingerprint density at radius 1 is 1.00 bits per heavy atom. The molecule has 1 amide bonds. The fraction of sp³-hybridized carbons (Fsp3) is 0.0952. The topological polar surface area (TPSA) is 84.5 Å². The predicted octanol–water partition coefficient (Wildman–Crippen LogP) is 4.61. The predicted molar refractivity (Wildman–Crippen MR) is 114 cm³/mol. The summed E-state index contributed by atoms with van der Waals surface area (Å²) in [4.78, 5) is 12.0. The summed E-state index contributed by atoms with van der Waals surface area (Å²) < 4.78 is 46.0. The smallest absolute Gasteiger partial charge is 0.262 e. The molecule has 9 heteroatoms. The Balaban J connectivity index is 1.63. The van der Waals surface area contributed by atoms with E-state index in [1.807, 2.05) is 0 Å². The highest BCUT2D eigenvalue weighted by atomic mass is 35.5. The van der Waals surface area contributed by atoms with Crippen LogP contribution in [0.25, 0.3) is 0 Å². The van der Waals surface area contributed by atoms with Gasteiger partial charge in [0.25, 0.3) is 15.9 Å². The first-order valence-electron chi connectivity index (χ1n) is 8.80. The summed E-state index contributed by atoms with van der Waals surface area (Å²) in [5.41, 5.74) is 1.37. The van der Waals surface area contributed by atoms with Gasteiger partial charge in [-0.15, -0.1) is 0 Å². The average Bonchev–Trinajstić information content (AvgIpc) is 2.70. The molecular formula is C21H18ClFN2O4S. The number of rotatable bonds is 7. The fourth-order valence-electron chi connectivity index (χ4n) is 2.56. The minimum absolute atomic E-state index is 0.0538. The molecule has 0 aliphatic heterocycles. The summed E-state index contributed by atoms with van der Waals surface area (Å²) in [5, 5.41) is 3.08. The number of sulfonamides is 1. The Bertz CT molecular complexity index is 1150. The molecule has 3 aromatic carbocycles. The molecule has 0 spiro atoms. The van der Waals surface area contributed by atoms with Gasteiger partial charge in [-0.05, 0) is 79.2 Å². The highest BCUT2D eigenvalue weighted by Gasteiger charge is 2.16. The van der Waals surface area contributed by atoms with Gasteiger partial charge in [0.1, 0.15) is 11.6 Å². The number of nitrogens with one attached hydrogen (secondary N) is 2. The lowest BCUT2D eigenvalue weighted by atomic mass is 10.2. The summed E-state index contributed by atoms with van der Waals surface area (Å²) in [7, 11) is -3.80. The lowest BCUT2D eigenvalue weighted by Gasteiger charge is -2.12. The van der Waals surface area contributed by atoms with Gasteiger partial charge >= 0.3 is 0 Å². The molecule has 156 valence electrons.